The molecule has 5 nitrogen and oxygen atoms in total. The van der Waals surface area contributed by atoms with Crippen LogP contribution in [0.2, 0.25) is 0 Å². The van der Waals surface area contributed by atoms with Crippen molar-refractivity contribution in [1.82, 2.24) is 24.6 Å². The van der Waals surface area contributed by atoms with Crippen LogP contribution in [-0.2, 0) is 25.4 Å². The summed E-state index contributed by atoms with van der Waals surface area (Å²) in [6.45, 7) is 3.19. The minimum Gasteiger partial charge on any atom is -0.297 e. The number of benzene rings is 1. The fourth-order valence-corrected chi connectivity index (χ4v) is 4.81. The average molecular weight is 359 g/mol. The van der Waals surface area contributed by atoms with Crippen molar-refractivity contribution in [2.75, 3.05) is 13.1 Å². The smallest absolute Gasteiger partial charge is 0.159 e. The van der Waals surface area contributed by atoms with Crippen LogP contribution in [0.25, 0.3) is 11.4 Å². The Hall–Kier alpha value is -2.53. The van der Waals surface area contributed by atoms with Gasteiger partial charge in [-0.2, -0.15) is 5.10 Å². The summed E-state index contributed by atoms with van der Waals surface area (Å²) in [6.07, 6.45) is 8.70. The summed E-state index contributed by atoms with van der Waals surface area (Å²) in [6, 6.07) is 12.5. The highest BCUT2D eigenvalue weighted by atomic mass is 15.3. The van der Waals surface area contributed by atoms with Crippen molar-refractivity contribution in [2.45, 2.75) is 37.6 Å². The van der Waals surface area contributed by atoms with E-state index in [2.05, 4.69) is 51.5 Å². The molecule has 5 heteroatoms. The van der Waals surface area contributed by atoms with Crippen LogP contribution in [0.5, 0.6) is 0 Å². The summed E-state index contributed by atoms with van der Waals surface area (Å²) in [7, 11) is 2.03. The second-order valence-corrected chi connectivity index (χ2v) is 7.97. The molecule has 1 spiro atoms. The highest BCUT2D eigenvalue weighted by Crippen LogP contribution is 2.44. The molecule has 0 N–H and O–H groups in total. The zero-order chi connectivity index (χ0) is 18.3. The molecule has 1 saturated heterocycles. The number of fused-ring (bicyclic) bond motifs is 2. The molecule has 1 atom stereocenters. The molecule has 3 heterocycles. The number of hydrogen-bond acceptors (Lipinski definition) is 4. The van der Waals surface area contributed by atoms with E-state index in [9.17, 15) is 0 Å². The van der Waals surface area contributed by atoms with Gasteiger partial charge in [0.15, 0.2) is 5.82 Å². The van der Waals surface area contributed by atoms with Gasteiger partial charge in [-0.05, 0) is 43.9 Å². The summed E-state index contributed by atoms with van der Waals surface area (Å²) in [4.78, 5) is 12.3. The Balaban J connectivity index is 1.45. The van der Waals surface area contributed by atoms with E-state index >= 15 is 0 Å². The number of piperidine rings is 1. The molecule has 1 aliphatic carbocycles. The molecule has 1 fully saturated rings. The average Bonchev–Trinajstić information content (AvgIpc) is 3.26. The van der Waals surface area contributed by atoms with E-state index in [-0.39, 0.29) is 5.41 Å². The standard InChI is InChI=1S/C22H25N5/c1-26-19(9-12-24-26)15-27-13-5-10-22(16-27)11-8-18-14-23-21(25-20(18)22)17-6-3-2-4-7-17/h2-4,6-7,9,12,14H,5,8,10-11,13,15-16H2,1H3. The molecule has 5 rings (SSSR count). The minimum atomic E-state index is 0.179. The maximum absolute atomic E-state index is 5.09. The van der Waals surface area contributed by atoms with Gasteiger partial charge in [-0.25, -0.2) is 9.97 Å². The molecule has 0 radical (unpaired) electrons. The Kier molecular flexibility index (Phi) is 4.05. The Morgan fingerprint density at radius 1 is 1.11 bits per heavy atom. The van der Waals surface area contributed by atoms with E-state index < -0.39 is 0 Å². The van der Waals surface area contributed by atoms with Crippen LogP contribution in [0.3, 0.4) is 0 Å². The zero-order valence-electron chi connectivity index (χ0n) is 15.8. The maximum Gasteiger partial charge on any atom is 0.159 e. The largest absolute Gasteiger partial charge is 0.297 e. The van der Waals surface area contributed by atoms with E-state index in [4.69, 9.17) is 4.98 Å². The summed E-state index contributed by atoms with van der Waals surface area (Å²) in [5.41, 5.74) is 5.20. The molecule has 1 unspecified atom stereocenters. The summed E-state index contributed by atoms with van der Waals surface area (Å²) in [5.74, 6) is 0.861. The lowest BCUT2D eigenvalue weighted by atomic mass is 9.77. The molecule has 0 amide bonds. The number of aryl methyl sites for hydroxylation is 2. The van der Waals surface area contributed by atoms with Crippen LogP contribution in [0, 0.1) is 0 Å². The number of likely N-dealkylation sites (tertiary alicyclic amines) is 1. The monoisotopic (exact) mass is 359 g/mol. The number of aromatic nitrogens is 4. The van der Waals surface area contributed by atoms with Gasteiger partial charge >= 0.3 is 0 Å². The molecule has 1 aromatic carbocycles. The molecular weight excluding hydrogens is 334 g/mol. The second kappa shape index (κ2) is 6.57. The highest BCUT2D eigenvalue weighted by molar-refractivity contribution is 5.55. The Morgan fingerprint density at radius 2 is 2.00 bits per heavy atom. The molecule has 1 aliphatic heterocycles. The van der Waals surface area contributed by atoms with Gasteiger partial charge < -0.3 is 0 Å². The van der Waals surface area contributed by atoms with Crippen LogP contribution in [0.4, 0.5) is 0 Å². The highest BCUT2D eigenvalue weighted by Gasteiger charge is 2.43. The third-order valence-corrected chi connectivity index (χ3v) is 6.24. The summed E-state index contributed by atoms with van der Waals surface area (Å²) in [5, 5.41) is 4.32. The SMILES string of the molecule is Cn1nccc1CN1CCCC2(CCc3cnc(-c4ccccc4)nc32)C1. The fourth-order valence-electron chi connectivity index (χ4n) is 4.81. The van der Waals surface area contributed by atoms with Gasteiger partial charge in [0.05, 0.1) is 11.4 Å². The Bertz CT molecular complexity index is 944. The van der Waals surface area contributed by atoms with E-state index in [0.717, 1.165) is 37.4 Å². The predicted molar refractivity (Wildman–Crippen MR) is 105 cm³/mol. The van der Waals surface area contributed by atoms with Crippen molar-refractivity contribution in [3.8, 4) is 11.4 Å². The number of rotatable bonds is 3. The third kappa shape index (κ3) is 2.96. The quantitative estimate of drug-likeness (QED) is 0.719. The van der Waals surface area contributed by atoms with E-state index in [0.29, 0.717) is 0 Å². The van der Waals surface area contributed by atoms with Gasteiger partial charge in [-0.3, -0.25) is 9.58 Å². The van der Waals surface area contributed by atoms with Crippen LogP contribution in [-0.4, -0.2) is 37.7 Å². The first-order valence-electron chi connectivity index (χ1n) is 9.85. The van der Waals surface area contributed by atoms with Crippen LogP contribution >= 0.6 is 0 Å². The van der Waals surface area contributed by atoms with Crippen LogP contribution < -0.4 is 0 Å². The lowest BCUT2D eigenvalue weighted by Crippen LogP contribution is -2.45. The minimum absolute atomic E-state index is 0.179. The second-order valence-electron chi connectivity index (χ2n) is 7.97. The van der Waals surface area contributed by atoms with Crippen molar-refractivity contribution < 1.29 is 0 Å². The van der Waals surface area contributed by atoms with Gasteiger partial charge in [-0.15, -0.1) is 0 Å². The fraction of sp³-hybridized carbons (Fsp3) is 0.409. The van der Waals surface area contributed by atoms with E-state index in [1.54, 1.807) is 0 Å². The van der Waals surface area contributed by atoms with Gasteiger partial charge in [0, 0.05) is 43.5 Å². The lowest BCUT2D eigenvalue weighted by Gasteiger charge is -2.40. The van der Waals surface area contributed by atoms with Crippen molar-refractivity contribution in [1.29, 1.82) is 0 Å². The number of nitrogens with zero attached hydrogens (tertiary/aromatic N) is 5. The van der Waals surface area contributed by atoms with Crippen molar-refractivity contribution in [3.63, 3.8) is 0 Å². The van der Waals surface area contributed by atoms with Crippen LogP contribution in [0.15, 0.2) is 48.8 Å². The Labute approximate surface area is 160 Å². The van der Waals surface area contributed by atoms with Crippen LogP contribution in [0.1, 0.15) is 36.2 Å². The van der Waals surface area contributed by atoms with Gasteiger partial charge in [-0.1, -0.05) is 30.3 Å². The maximum atomic E-state index is 5.09. The zero-order valence-corrected chi connectivity index (χ0v) is 15.8. The van der Waals surface area contributed by atoms with Gasteiger partial charge in [0.1, 0.15) is 0 Å². The normalized spacial score (nSPS) is 22.3. The van der Waals surface area contributed by atoms with Crippen molar-refractivity contribution in [3.05, 3.63) is 65.7 Å². The molecule has 0 saturated carbocycles. The molecule has 2 aromatic heterocycles. The van der Waals surface area contributed by atoms with E-state index in [1.165, 1.54) is 36.2 Å². The Morgan fingerprint density at radius 3 is 2.81 bits per heavy atom. The first kappa shape index (κ1) is 16.6. The van der Waals surface area contributed by atoms with E-state index in [1.807, 2.05) is 24.0 Å². The molecular formula is C22H25N5. The molecule has 3 aromatic rings. The topological polar surface area (TPSA) is 46.8 Å². The molecule has 138 valence electrons. The first-order chi connectivity index (χ1) is 13.2. The number of hydrogen-bond donors (Lipinski definition) is 0. The summed E-state index contributed by atoms with van der Waals surface area (Å²) < 4.78 is 1.99. The molecule has 0 bridgehead atoms. The van der Waals surface area contributed by atoms with Crippen molar-refractivity contribution >= 4 is 0 Å². The molecule has 27 heavy (non-hydrogen) atoms. The van der Waals surface area contributed by atoms with Gasteiger partial charge in [0.25, 0.3) is 0 Å². The lowest BCUT2D eigenvalue weighted by molar-refractivity contribution is 0.134. The molecule has 2 aliphatic rings. The first-order valence-corrected chi connectivity index (χ1v) is 9.85. The third-order valence-electron chi connectivity index (χ3n) is 6.24. The van der Waals surface area contributed by atoms with Gasteiger partial charge in [0.2, 0.25) is 0 Å². The summed E-state index contributed by atoms with van der Waals surface area (Å²) >= 11 is 0. The predicted octanol–water partition coefficient (Wildman–Crippen LogP) is 3.36. The van der Waals surface area contributed by atoms with Crippen molar-refractivity contribution in [2.24, 2.45) is 7.05 Å².